The molecule has 0 atom stereocenters. The number of carbonyl (C=O) groups is 1. The van der Waals surface area contributed by atoms with Gasteiger partial charge in [-0.25, -0.2) is 22.0 Å². The molecule has 0 saturated heterocycles. The zero-order valence-corrected chi connectivity index (χ0v) is 11.1. The van der Waals surface area contributed by atoms with Crippen LogP contribution in [0.15, 0.2) is 17.0 Å². The molecule has 0 spiro atoms. The molecular weight excluding hydrogens is 292 g/mol. The predicted molar refractivity (Wildman–Crippen MR) is 64.8 cm³/mol. The number of aromatic carboxylic acids is 1. The van der Waals surface area contributed by atoms with Crippen LogP contribution < -0.4 is 0 Å². The van der Waals surface area contributed by atoms with E-state index < -0.39 is 43.7 Å². The van der Waals surface area contributed by atoms with Crippen molar-refractivity contribution in [3.05, 3.63) is 29.3 Å². The summed E-state index contributed by atoms with van der Waals surface area (Å²) in [5, 5.41) is 17.0. The van der Waals surface area contributed by atoms with Crippen molar-refractivity contribution in [1.82, 2.24) is 0 Å². The van der Waals surface area contributed by atoms with Crippen LogP contribution in [0.4, 0.5) is 8.78 Å². The molecule has 1 aromatic carbocycles. The highest BCUT2D eigenvalue weighted by Crippen LogP contribution is 2.22. The number of nitrogens with zero attached hydrogens (tertiary/aromatic N) is 1. The second-order valence-electron chi connectivity index (χ2n) is 4.01. The van der Waals surface area contributed by atoms with Gasteiger partial charge in [-0.05, 0) is 25.0 Å². The number of nitriles is 1. The van der Waals surface area contributed by atoms with Gasteiger partial charge >= 0.3 is 5.97 Å². The van der Waals surface area contributed by atoms with Crippen molar-refractivity contribution in [1.29, 1.82) is 5.26 Å². The molecule has 0 heterocycles. The molecule has 108 valence electrons. The number of hydrogen-bond acceptors (Lipinski definition) is 4. The summed E-state index contributed by atoms with van der Waals surface area (Å²) in [4.78, 5) is 9.76. The van der Waals surface area contributed by atoms with Crippen LogP contribution in [0.5, 0.6) is 0 Å². The number of rotatable bonds is 6. The van der Waals surface area contributed by atoms with Crippen molar-refractivity contribution in [2.45, 2.75) is 24.2 Å². The van der Waals surface area contributed by atoms with Crippen molar-refractivity contribution in [3.63, 3.8) is 0 Å². The fraction of sp³-hybridized carbons (Fsp3) is 0.333. The van der Waals surface area contributed by atoms with E-state index in [0.717, 1.165) is 0 Å². The zero-order chi connectivity index (χ0) is 15.3. The van der Waals surface area contributed by atoms with Gasteiger partial charge in [0.05, 0.1) is 17.4 Å². The second kappa shape index (κ2) is 6.43. The number of sulfone groups is 1. The van der Waals surface area contributed by atoms with Crippen molar-refractivity contribution in [2.24, 2.45) is 0 Å². The lowest BCUT2D eigenvalue weighted by atomic mass is 10.2. The summed E-state index contributed by atoms with van der Waals surface area (Å²) in [7, 11) is -4.14. The van der Waals surface area contributed by atoms with Gasteiger partial charge in [-0.3, -0.25) is 0 Å². The van der Waals surface area contributed by atoms with Gasteiger partial charge in [-0.2, -0.15) is 5.26 Å². The van der Waals surface area contributed by atoms with Crippen molar-refractivity contribution < 1.29 is 27.1 Å². The molecule has 0 fully saturated rings. The van der Waals surface area contributed by atoms with Crippen LogP contribution >= 0.6 is 0 Å². The minimum Gasteiger partial charge on any atom is -0.478 e. The zero-order valence-electron chi connectivity index (χ0n) is 10.3. The highest BCUT2D eigenvalue weighted by Gasteiger charge is 2.24. The van der Waals surface area contributed by atoms with E-state index in [1.807, 2.05) is 6.07 Å². The fourth-order valence-corrected chi connectivity index (χ4v) is 3.00. The lowest BCUT2D eigenvalue weighted by Gasteiger charge is -2.07. The number of carboxylic acids is 1. The lowest BCUT2D eigenvalue weighted by Crippen LogP contribution is -2.12. The summed E-state index contributed by atoms with van der Waals surface area (Å²) in [6.45, 7) is 0. The molecule has 0 amide bonds. The Morgan fingerprint density at radius 1 is 1.30 bits per heavy atom. The molecule has 0 aliphatic carbocycles. The third-order valence-electron chi connectivity index (χ3n) is 2.53. The molecule has 1 N–H and O–H groups in total. The minimum atomic E-state index is -4.14. The largest absolute Gasteiger partial charge is 0.478 e. The summed E-state index contributed by atoms with van der Waals surface area (Å²) >= 11 is 0. The van der Waals surface area contributed by atoms with Gasteiger partial charge < -0.3 is 5.11 Å². The molecule has 0 bridgehead atoms. The maximum atomic E-state index is 13.5. The van der Waals surface area contributed by atoms with E-state index >= 15 is 0 Å². The van der Waals surface area contributed by atoms with Gasteiger partial charge in [0, 0.05) is 6.42 Å². The van der Waals surface area contributed by atoms with Gasteiger partial charge in [-0.1, -0.05) is 0 Å². The highest BCUT2D eigenvalue weighted by atomic mass is 32.2. The number of carboxylic acid groups (broad SMARTS) is 1. The van der Waals surface area contributed by atoms with Crippen LogP contribution in [-0.2, 0) is 9.84 Å². The summed E-state index contributed by atoms with van der Waals surface area (Å²) in [5.41, 5.74) is -0.639. The van der Waals surface area contributed by atoms with Gasteiger partial charge in [0.25, 0.3) is 0 Å². The second-order valence-corrected chi connectivity index (χ2v) is 6.09. The predicted octanol–water partition coefficient (Wildman–Crippen LogP) is 2.13. The summed E-state index contributed by atoms with van der Waals surface area (Å²) in [5.74, 6) is -5.14. The highest BCUT2D eigenvalue weighted by molar-refractivity contribution is 7.91. The number of benzene rings is 1. The van der Waals surface area contributed by atoms with Gasteiger partial charge in [0.1, 0.15) is 4.90 Å². The third-order valence-corrected chi connectivity index (χ3v) is 4.32. The molecule has 0 aromatic heterocycles. The van der Waals surface area contributed by atoms with E-state index in [4.69, 9.17) is 10.4 Å². The number of hydrogen-bond donors (Lipinski definition) is 1. The smallest absolute Gasteiger partial charge is 0.335 e. The van der Waals surface area contributed by atoms with E-state index in [9.17, 15) is 22.0 Å². The van der Waals surface area contributed by atoms with Crippen molar-refractivity contribution >= 4 is 15.8 Å². The molecule has 0 saturated carbocycles. The maximum absolute atomic E-state index is 13.5. The molecule has 0 radical (unpaired) electrons. The lowest BCUT2D eigenvalue weighted by molar-refractivity contribution is 0.0696. The van der Waals surface area contributed by atoms with Crippen molar-refractivity contribution in [3.8, 4) is 6.07 Å². The average Bonchev–Trinajstić information content (AvgIpc) is 2.37. The molecule has 20 heavy (non-hydrogen) atoms. The first-order chi connectivity index (χ1) is 9.29. The molecule has 0 aliphatic heterocycles. The van der Waals surface area contributed by atoms with Crippen LogP contribution in [0.3, 0.4) is 0 Å². The monoisotopic (exact) mass is 303 g/mol. The Morgan fingerprint density at radius 3 is 2.50 bits per heavy atom. The molecule has 0 aliphatic rings. The van der Waals surface area contributed by atoms with E-state index in [0.29, 0.717) is 18.6 Å². The van der Waals surface area contributed by atoms with Gasteiger partial charge in [-0.15, -0.1) is 0 Å². The molecule has 8 heteroatoms. The topological polar surface area (TPSA) is 95.2 Å². The van der Waals surface area contributed by atoms with E-state index in [2.05, 4.69) is 0 Å². The molecule has 0 unspecified atom stereocenters. The first-order valence-corrected chi connectivity index (χ1v) is 7.27. The van der Waals surface area contributed by atoms with Crippen LogP contribution in [0.2, 0.25) is 0 Å². The molecule has 1 rings (SSSR count). The van der Waals surface area contributed by atoms with Crippen LogP contribution in [0.1, 0.15) is 29.6 Å². The first-order valence-electron chi connectivity index (χ1n) is 5.61. The van der Waals surface area contributed by atoms with Gasteiger partial charge in [0.2, 0.25) is 0 Å². The Bertz CT molecular complexity index is 665. The van der Waals surface area contributed by atoms with Crippen LogP contribution in [-0.4, -0.2) is 25.2 Å². The van der Waals surface area contributed by atoms with Crippen LogP contribution in [0.25, 0.3) is 0 Å². The average molecular weight is 303 g/mol. The number of unbranched alkanes of at least 4 members (excludes halogenated alkanes) is 2. The Hall–Kier alpha value is -2.01. The maximum Gasteiger partial charge on any atom is 0.335 e. The third kappa shape index (κ3) is 3.74. The van der Waals surface area contributed by atoms with Crippen LogP contribution in [0, 0.1) is 23.0 Å². The van der Waals surface area contributed by atoms with Gasteiger partial charge in [0.15, 0.2) is 21.5 Å². The van der Waals surface area contributed by atoms with E-state index in [-0.39, 0.29) is 12.8 Å². The van der Waals surface area contributed by atoms with E-state index in [1.54, 1.807) is 0 Å². The fourth-order valence-electron chi connectivity index (χ4n) is 1.52. The summed E-state index contributed by atoms with van der Waals surface area (Å²) in [6, 6.07) is 2.85. The SMILES string of the molecule is N#CCCCCS(=O)(=O)c1cc(C(=O)O)cc(F)c1F. The van der Waals surface area contributed by atoms with Crippen molar-refractivity contribution in [2.75, 3.05) is 5.75 Å². The van der Waals surface area contributed by atoms with E-state index in [1.165, 1.54) is 0 Å². The molecule has 5 nitrogen and oxygen atoms in total. The summed E-state index contributed by atoms with van der Waals surface area (Å²) < 4.78 is 50.5. The summed E-state index contributed by atoms with van der Waals surface area (Å²) in [6.07, 6.45) is 0.564. The quantitative estimate of drug-likeness (QED) is 0.812. The standard InChI is InChI=1S/C12H11F2NO4S/c13-9-6-8(12(16)17)7-10(11(9)14)20(18,19)5-3-1-2-4-15/h6-7H,1-3,5H2,(H,16,17). The first kappa shape index (κ1) is 16.0. The Balaban J connectivity index is 3.11. The normalized spacial score (nSPS) is 11.1. The Morgan fingerprint density at radius 2 is 1.95 bits per heavy atom. The Kier molecular flexibility index (Phi) is 5.16. The molecular formula is C12H11F2NO4S. The number of halogens is 2. The Labute approximate surface area is 114 Å². The molecule has 1 aromatic rings. The minimum absolute atomic E-state index is 0.105.